The third kappa shape index (κ3) is 3.04. The van der Waals surface area contributed by atoms with Gasteiger partial charge in [-0.15, -0.1) is 0 Å². The summed E-state index contributed by atoms with van der Waals surface area (Å²) in [5.41, 5.74) is 0.933. The van der Waals surface area contributed by atoms with E-state index in [1.807, 2.05) is 30.3 Å². The lowest BCUT2D eigenvalue weighted by molar-refractivity contribution is -0.117. The minimum absolute atomic E-state index is 0.231. The van der Waals surface area contributed by atoms with E-state index in [9.17, 15) is 9.59 Å². The Bertz CT molecular complexity index is 521. The van der Waals surface area contributed by atoms with Crippen molar-refractivity contribution in [2.24, 2.45) is 4.99 Å². The van der Waals surface area contributed by atoms with Crippen molar-refractivity contribution in [3.8, 4) is 0 Å². The molecule has 0 spiro atoms. The highest BCUT2D eigenvalue weighted by Gasteiger charge is 2.22. The first-order valence-electron chi connectivity index (χ1n) is 5.00. The van der Waals surface area contributed by atoms with Gasteiger partial charge in [-0.2, -0.15) is 4.99 Å². The molecule has 0 radical (unpaired) electrons. The van der Waals surface area contributed by atoms with E-state index < -0.39 is 0 Å². The molecule has 0 atom stereocenters. The SMILES string of the molecule is CC(=O)NC1=NC(=O)/C(=C/c2ccccc2)S1. The van der Waals surface area contributed by atoms with Crippen molar-refractivity contribution in [2.45, 2.75) is 6.92 Å². The van der Waals surface area contributed by atoms with E-state index in [0.29, 0.717) is 10.1 Å². The quantitative estimate of drug-likeness (QED) is 0.768. The first-order chi connectivity index (χ1) is 8.15. The summed E-state index contributed by atoms with van der Waals surface area (Å²) in [6.07, 6.45) is 1.76. The maximum absolute atomic E-state index is 11.5. The average Bonchev–Trinajstić information content (AvgIpc) is 2.59. The molecular weight excluding hydrogens is 236 g/mol. The van der Waals surface area contributed by atoms with E-state index >= 15 is 0 Å². The Morgan fingerprint density at radius 2 is 2.06 bits per heavy atom. The summed E-state index contributed by atoms with van der Waals surface area (Å²) in [7, 11) is 0. The molecule has 0 aliphatic carbocycles. The molecule has 1 aliphatic rings. The van der Waals surface area contributed by atoms with Crippen molar-refractivity contribution in [1.82, 2.24) is 5.32 Å². The van der Waals surface area contributed by atoms with E-state index in [2.05, 4.69) is 10.3 Å². The highest BCUT2D eigenvalue weighted by atomic mass is 32.2. The molecule has 0 aromatic heterocycles. The fourth-order valence-corrected chi connectivity index (χ4v) is 2.17. The molecule has 1 aromatic rings. The van der Waals surface area contributed by atoms with Gasteiger partial charge >= 0.3 is 0 Å². The number of nitrogens with one attached hydrogen (secondary N) is 1. The van der Waals surface area contributed by atoms with Crippen molar-refractivity contribution in [2.75, 3.05) is 0 Å². The van der Waals surface area contributed by atoms with Crippen LogP contribution < -0.4 is 5.32 Å². The maximum atomic E-state index is 11.5. The number of benzene rings is 1. The highest BCUT2D eigenvalue weighted by molar-refractivity contribution is 8.18. The summed E-state index contributed by atoms with van der Waals surface area (Å²) >= 11 is 1.17. The summed E-state index contributed by atoms with van der Waals surface area (Å²) in [5, 5.41) is 2.84. The molecule has 0 bridgehead atoms. The molecule has 1 N–H and O–H groups in total. The normalized spacial score (nSPS) is 17.1. The van der Waals surface area contributed by atoms with Crippen molar-refractivity contribution >= 4 is 34.8 Å². The third-order valence-electron chi connectivity index (χ3n) is 2.00. The monoisotopic (exact) mass is 246 g/mol. The van der Waals surface area contributed by atoms with E-state index in [-0.39, 0.29) is 11.8 Å². The smallest absolute Gasteiger partial charge is 0.286 e. The van der Waals surface area contributed by atoms with E-state index in [1.54, 1.807) is 6.08 Å². The predicted octanol–water partition coefficient (Wildman–Crippen LogP) is 1.79. The lowest BCUT2D eigenvalue weighted by Gasteiger charge is -1.97. The number of rotatable bonds is 1. The van der Waals surface area contributed by atoms with Crippen LogP contribution >= 0.6 is 11.8 Å². The Hall–Kier alpha value is -1.88. The lowest BCUT2D eigenvalue weighted by Crippen LogP contribution is -2.23. The third-order valence-corrected chi connectivity index (χ3v) is 2.90. The molecule has 5 heteroatoms. The van der Waals surface area contributed by atoms with E-state index in [1.165, 1.54) is 18.7 Å². The van der Waals surface area contributed by atoms with E-state index in [4.69, 9.17) is 0 Å². The van der Waals surface area contributed by atoms with Gasteiger partial charge in [0, 0.05) is 6.92 Å². The van der Waals surface area contributed by atoms with Gasteiger partial charge in [-0.25, -0.2) is 0 Å². The van der Waals surface area contributed by atoms with Crippen LogP contribution in [0.2, 0.25) is 0 Å². The zero-order valence-corrected chi connectivity index (χ0v) is 9.95. The second-order valence-corrected chi connectivity index (χ2v) is 4.46. The van der Waals surface area contributed by atoms with Gasteiger partial charge < -0.3 is 5.32 Å². The van der Waals surface area contributed by atoms with Crippen LogP contribution in [0.15, 0.2) is 40.2 Å². The summed E-state index contributed by atoms with van der Waals surface area (Å²) in [5.74, 6) is -0.549. The number of hydrogen-bond donors (Lipinski definition) is 1. The Morgan fingerprint density at radius 1 is 1.35 bits per heavy atom. The first kappa shape index (κ1) is 11.6. The number of hydrogen-bond acceptors (Lipinski definition) is 3. The lowest BCUT2D eigenvalue weighted by atomic mass is 10.2. The summed E-state index contributed by atoms with van der Waals surface area (Å²) < 4.78 is 0. The molecule has 17 heavy (non-hydrogen) atoms. The van der Waals surface area contributed by atoms with Gasteiger partial charge in [0.1, 0.15) is 0 Å². The molecular formula is C12H10N2O2S. The summed E-state index contributed by atoms with van der Waals surface area (Å²) in [6.45, 7) is 1.38. The number of carbonyl (C=O) groups excluding carboxylic acids is 2. The summed E-state index contributed by atoms with van der Waals surface area (Å²) in [6, 6.07) is 9.50. The number of nitrogens with zero attached hydrogens (tertiary/aromatic N) is 1. The molecule has 1 heterocycles. The second kappa shape index (κ2) is 4.97. The Kier molecular flexibility index (Phi) is 3.39. The number of amidine groups is 1. The minimum Gasteiger partial charge on any atom is -0.305 e. The zero-order chi connectivity index (χ0) is 12.3. The van der Waals surface area contributed by atoms with Crippen LogP contribution in [0.1, 0.15) is 12.5 Å². The number of amides is 2. The molecule has 0 saturated heterocycles. The van der Waals surface area contributed by atoms with Crippen LogP contribution in [-0.4, -0.2) is 17.0 Å². The Balaban J connectivity index is 2.14. The van der Waals surface area contributed by atoms with Crippen LogP contribution in [0, 0.1) is 0 Å². The van der Waals surface area contributed by atoms with Gasteiger partial charge in [0.25, 0.3) is 5.91 Å². The fourth-order valence-electron chi connectivity index (χ4n) is 1.31. The van der Waals surface area contributed by atoms with Crippen molar-refractivity contribution in [3.05, 3.63) is 40.8 Å². The molecule has 86 valence electrons. The van der Waals surface area contributed by atoms with Crippen LogP contribution in [0.4, 0.5) is 0 Å². The average molecular weight is 246 g/mol. The predicted molar refractivity (Wildman–Crippen MR) is 68.3 cm³/mol. The molecule has 2 rings (SSSR count). The minimum atomic E-state index is -0.317. The van der Waals surface area contributed by atoms with Crippen molar-refractivity contribution in [3.63, 3.8) is 0 Å². The molecule has 0 unspecified atom stereocenters. The van der Waals surface area contributed by atoms with Gasteiger partial charge in [0.05, 0.1) is 4.91 Å². The van der Waals surface area contributed by atoms with Crippen LogP contribution in [0.5, 0.6) is 0 Å². The molecule has 0 fully saturated rings. The Labute approximate surface area is 103 Å². The van der Waals surface area contributed by atoms with Gasteiger partial charge in [0.15, 0.2) is 5.17 Å². The first-order valence-corrected chi connectivity index (χ1v) is 5.82. The summed E-state index contributed by atoms with van der Waals surface area (Å²) in [4.78, 5) is 26.6. The zero-order valence-electron chi connectivity index (χ0n) is 9.14. The molecule has 1 aromatic carbocycles. The van der Waals surface area contributed by atoms with Gasteiger partial charge in [-0.3, -0.25) is 9.59 Å². The van der Waals surface area contributed by atoms with Crippen LogP contribution in [0.25, 0.3) is 6.08 Å². The topological polar surface area (TPSA) is 58.5 Å². The number of thioether (sulfide) groups is 1. The highest BCUT2D eigenvalue weighted by Crippen LogP contribution is 2.27. The molecule has 4 nitrogen and oxygen atoms in total. The number of aliphatic imine (C=N–C) groups is 1. The maximum Gasteiger partial charge on any atom is 0.286 e. The molecule has 1 aliphatic heterocycles. The van der Waals surface area contributed by atoms with Crippen LogP contribution in [0.3, 0.4) is 0 Å². The van der Waals surface area contributed by atoms with Crippen LogP contribution in [-0.2, 0) is 9.59 Å². The largest absolute Gasteiger partial charge is 0.305 e. The number of carbonyl (C=O) groups is 2. The van der Waals surface area contributed by atoms with E-state index in [0.717, 1.165) is 5.56 Å². The second-order valence-electron chi connectivity index (χ2n) is 3.42. The molecule has 0 saturated carbocycles. The fraction of sp³-hybridized carbons (Fsp3) is 0.0833. The molecule has 2 amide bonds. The van der Waals surface area contributed by atoms with Crippen molar-refractivity contribution in [1.29, 1.82) is 0 Å². The van der Waals surface area contributed by atoms with Gasteiger partial charge in [-0.05, 0) is 23.4 Å². The van der Waals surface area contributed by atoms with Crippen molar-refractivity contribution < 1.29 is 9.59 Å². The van der Waals surface area contributed by atoms with Gasteiger partial charge in [-0.1, -0.05) is 30.3 Å². The standard InChI is InChI=1S/C12H10N2O2S/c1-8(15)13-12-14-11(16)10(17-12)7-9-5-3-2-4-6-9/h2-7H,1H3,(H,13,14,15,16)/b10-7-. The van der Waals surface area contributed by atoms with Gasteiger partial charge in [0.2, 0.25) is 5.91 Å². The Morgan fingerprint density at radius 3 is 2.71 bits per heavy atom.